The Morgan fingerprint density at radius 1 is 0.861 bits per heavy atom. The first-order valence-corrected chi connectivity index (χ1v) is 13.8. The van der Waals surface area contributed by atoms with Gasteiger partial charge in [-0.05, 0) is 30.7 Å². The summed E-state index contributed by atoms with van der Waals surface area (Å²) in [7, 11) is 0. The number of halogens is 1. The first-order valence-electron chi connectivity index (χ1n) is 13.8. The van der Waals surface area contributed by atoms with E-state index in [0.29, 0.717) is 18.9 Å². The predicted octanol–water partition coefficient (Wildman–Crippen LogP) is 6.99. The van der Waals surface area contributed by atoms with Gasteiger partial charge in [-0.3, -0.25) is 4.79 Å². The minimum absolute atomic E-state index is 0. The molecule has 2 atom stereocenters. The number of nitrogens with one attached hydrogen (secondary N) is 1. The molecule has 3 N–H and O–H groups in total. The molecule has 0 saturated carbocycles. The second-order valence-electron chi connectivity index (χ2n) is 9.90. The molecule has 0 saturated heterocycles. The number of benzene rings is 1. The summed E-state index contributed by atoms with van der Waals surface area (Å²) in [5.41, 5.74) is 7.91. The van der Waals surface area contributed by atoms with E-state index in [-0.39, 0.29) is 48.1 Å². The third kappa shape index (κ3) is 17.8. The van der Waals surface area contributed by atoms with Crippen molar-refractivity contribution in [1.29, 1.82) is 0 Å². The number of carbonyl (C=O) groups excluding carboxylic acids is 2. The van der Waals surface area contributed by atoms with E-state index in [2.05, 4.69) is 36.5 Å². The van der Waals surface area contributed by atoms with Gasteiger partial charge in [0.15, 0.2) is 0 Å². The summed E-state index contributed by atoms with van der Waals surface area (Å²) in [4.78, 5) is 23.3. The predicted molar refractivity (Wildman–Crippen MR) is 154 cm³/mol. The minimum Gasteiger partial charge on any atom is -0.462 e. The van der Waals surface area contributed by atoms with Crippen LogP contribution in [-0.2, 0) is 20.7 Å². The highest BCUT2D eigenvalue weighted by Crippen LogP contribution is 2.21. The van der Waals surface area contributed by atoms with Gasteiger partial charge in [0.2, 0.25) is 0 Å². The fraction of sp³-hybridized carbons (Fsp3) is 0.724. The van der Waals surface area contributed by atoms with Crippen molar-refractivity contribution in [3.05, 3.63) is 35.9 Å². The summed E-state index contributed by atoms with van der Waals surface area (Å²) >= 11 is 0. The number of rotatable bonds is 20. The van der Waals surface area contributed by atoms with Gasteiger partial charge in [-0.1, -0.05) is 109 Å². The van der Waals surface area contributed by atoms with Crippen molar-refractivity contribution in [2.75, 3.05) is 19.8 Å². The van der Waals surface area contributed by atoms with Crippen molar-refractivity contribution in [2.24, 2.45) is 17.6 Å². The molecule has 1 rings (SSSR count). The number of nitrogens with two attached hydrogens (primary N) is 1. The zero-order valence-electron chi connectivity index (χ0n) is 22.8. The first-order chi connectivity index (χ1) is 16.9. The normalized spacial score (nSPS) is 12.5. The van der Waals surface area contributed by atoms with Crippen molar-refractivity contribution >= 4 is 29.0 Å². The van der Waals surface area contributed by atoms with Crippen molar-refractivity contribution in [3.63, 3.8) is 0 Å². The average Bonchev–Trinajstić information content (AvgIpc) is 2.85. The Morgan fingerprint density at radius 3 is 2.06 bits per heavy atom. The van der Waals surface area contributed by atoms with Crippen molar-refractivity contribution in [1.82, 2.24) is 5.32 Å². The van der Waals surface area contributed by atoms with E-state index in [1.807, 2.05) is 6.07 Å². The third-order valence-electron chi connectivity index (χ3n) is 6.40. The van der Waals surface area contributed by atoms with Crippen LogP contribution < -0.4 is 11.1 Å². The number of esters is 1. The summed E-state index contributed by atoms with van der Waals surface area (Å²) in [6.07, 6.45) is 14.1. The van der Waals surface area contributed by atoms with Gasteiger partial charge in [0.05, 0.1) is 5.92 Å². The maximum Gasteiger partial charge on any atom is 0.407 e. The Balaban J connectivity index is 0.0000122. The lowest BCUT2D eigenvalue weighted by atomic mass is 9.86. The molecule has 2 unspecified atom stereocenters. The Morgan fingerprint density at radius 2 is 1.44 bits per heavy atom. The van der Waals surface area contributed by atoms with Crippen LogP contribution in [0.5, 0.6) is 0 Å². The molecule has 0 radical (unpaired) electrons. The molecule has 0 heterocycles. The number of ether oxygens (including phenoxy) is 2. The molecule has 1 aromatic rings. The molecule has 208 valence electrons. The zero-order valence-corrected chi connectivity index (χ0v) is 24.6. The highest BCUT2D eigenvalue weighted by molar-refractivity contribution is 8.93. The second kappa shape index (κ2) is 22.6. The molecule has 0 bridgehead atoms. The molecule has 7 heteroatoms. The van der Waals surface area contributed by atoms with Gasteiger partial charge in [-0.25, -0.2) is 4.79 Å². The van der Waals surface area contributed by atoms with Crippen LogP contribution in [0.25, 0.3) is 0 Å². The number of amides is 1. The number of unbranched alkanes of at least 4 members (excludes halogenated alkanes) is 8. The van der Waals surface area contributed by atoms with Crippen LogP contribution in [0.1, 0.15) is 97.0 Å². The van der Waals surface area contributed by atoms with Crippen LogP contribution in [0.3, 0.4) is 0 Å². The average molecular weight is 572 g/mol. The monoisotopic (exact) mass is 570 g/mol. The fourth-order valence-electron chi connectivity index (χ4n) is 4.17. The van der Waals surface area contributed by atoms with E-state index >= 15 is 0 Å². The molecule has 1 amide bonds. The van der Waals surface area contributed by atoms with Gasteiger partial charge >= 0.3 is 12.1 Å². The number of hydrogen-bond donors (Lipinski definition) is 2. The van der Waals surface area contributed by atoms with E-state index in [1.165, 1.54) is 63.4 Å². The summed E-state index contributed by atoms with van der Waals surface area (Å²) in [6.45, 7) is 6.37. The van der Waals surface area contributed by atoms with E-state index in [0.717, 1.165) is 12.8 Å². The van der Waals surface area contributed by atoms with Gasteiger partial charge in [0.1, 0.15) is 13.2 Å². The maximum absolute atomic E-state index is 11.9. The Bertz CT molecular complexity index is 672. The van der Waals surface area contributed by atoms with Crippen LogP contribution in [0.4, 0.5) is 4.79 Å². The number of alkyl carbamates (subject to hydrolysis) is 1. The molecule has 0 aliphatic carbocycles. The molecule has 36 heavy (non-hydrogen) atoms. The summed E-state index contributed by atoms with van der Waals surface area (Å²) in [5, 5.41) is 2.77. The maximum atomic E-state index is 11.9. The lowest BCUT2D eigenvalue weighted by molar-refractivity contribution is -0.148. The van der Waals surface area contributed by atoms with Gasteiger partial charge < -0.3 is 20.5 Å². The Hall–Kier alpha value is -1.60. The minimum atomic E-state index is -0.503. The van der Waals surface area contributed by atoms with Crippen LogP contribution >= 0.6 is 17.0 Å². The molecule has 0 aromatic heterocycles. The second-order valence-corrected chi connectivity index (χ2v) is 9.90. The highest BCUT2D eigenvalue weighted by Gasteiger charge is 2.18. The van der Waals surface area contributed by atoms with Gasteiger partial charge in [-0.15, -0.1) is 17.0 Å². The molecule has 6 nitrogen and oxygen atoms in total. The molecular weight excluding hydrogens is 520 g/mol. The van der Waals surface area contributed by atoms with E-state index in [4.69, 9.17) is 15.2 Å². The lowest BCUT2D eigenvalue weighted by Crippen LogP contribution is -2.36. The van der Waals surface area contributed by atoms with Crippen molar-refractivity contribution in [2.45, 2.75) is 104 Å². The molecular formula is C29H51BrN2O4. The first kappa shape index (κ1) is 34.4. The lowest BCUT2D eigenvalue weighted by Gasteiger charge is -2.24. The quantitative estimate of drug-likeness (QED) is 0.130. The SMILES string of the molecule is Br.CCCCCCCCCCCC(Cc1ccccc1)C(N)CCNC(=O)OCCOC(=O)C(C)C. The van der Waals surface area contributed by atoms with E-state index in [1.54, 1.807) is 13.8 Å². The van der Waals surface area contributed by atoms with Crippen molar-refractivity contribution in [3.8, 4) is 0 Å². The van der Waals surface area contributed by atoms with Gasteiger partial charge in [-0.2, -0.15) is 0 Å². The summed E-state index contributed by atoms with van der Waals surface area (Å²) in [5.74, 6) is -0.101. The summed E-state index contributed by atoms with van der Waals surface area (Å²) in [6, 6.07) is 10.5. The molecule has 0 spiro atoms. The van der Waals surface area contributed by atoms with Crippen LogP contribution in [0.15, 0.2) is 30.3 Å². The summed E-state index contributed by atoms with van der Waals surface area (Å²) < 4.78 is 10.1. The van der Waals surface area contributed by atoms with Crippen LogP contribution in [0, 0.1) is 11.8 Å². The highest BCUT2D eigenvalue weighted by atomic mass is 79.9. The molecule has 0 aliphatic rings. The van der Waals surface area contributed by atoms with Gasteiger partial charge in [0.25, 0.3) is 0 Å². The number of hydrogen-bond acceptors (Lipinski definition) is 5. The van der Waals surface area contributed by atoms with Gasteiger partial charge in [0, 0.05) is 12.6 Å². The third-order valence-corrected chi connectivity index (χ3v) is 6.40. The van der Waals surface area contributed by atoms with Crippen LogP contribution in [0.2, 0.25) is 0 Å². The Kier molecular flexibility index (Phi) is 21.6. The van der Waals surface area contributed by atoms with Crippen LogP contribution in [-0.4, -0.2) is 37.9 Å². The Labute approximate surface area is 230 Å². The van der Waals surface area contributed by atoms with E-state index in [9.17, 15) is 9.59 Å². The van der Waals surface area contributed by atoms with E-state index < -0.39 is 6.09 Å². The smallest absolute Gasteiger partial charge is 0.407 e. The molecule has 0 fully saturated rings. The topological polar surface area (TPSA) is 90.7 Å². The molecule has 0 aliphatic heterocycles. The zero-order chi connectivity index (χ0) is 25.7. The van der Waals surface area contributed by atoms with Crippen molar-refractivity contribution < 1.29 is 19.1 Å². The largest absolute Gasteiger partial charge is 0.462 e. The molecule has 1 aromatic carbocycles. The number of carbonyl (C=O) groups is 2. The standard InChI is InChI=1S/C29H50N2O4.BrH/c1-4-5-6-7-8-9-10-11-15-18-26(23-25-16-13-12-14-17-25)27(30)19-20-31-29(33)35-22-21-34-28(32)24(2)3;/h12-14,16-17,24,26-27H,4-11,15,18-23,30H2,1-3H3,(H,31,33);1H. The fourth-order valence-corrected chi connectivity index (χ4v) is 4.17.